The number of rotatable bonds is 2. The molecule has 0 aliphatic carbocycles. The lowest BCUT2D eigenvalue weighted by atomic mass is 10.2. The minimum absolute atomic E-state index is 0.0666. The quantitative estimate of drug-likeness (QED) is 0.831. The zero-order valence-corrected chi connectivity index (χ0v) is 14.6. The number of pyridine rings is 1. The maximum Gasteiger partial charge on any atom is 0.294 e. The van der Waals surface area contributed by atoms with Gasteiger partial charge in [0.05, 0.1) is 4.90 Å². The molecule has 1 aromatic carbocycles. The lowest BCUT2D eigenvalue weighted by Gasteiger charge is -2.16. The van der Waals surface area contributed by atoms with Crippen molar-refractivity contribution in [3.8, 4) is 5.88 Å². The Morgan fingerprint density at radius 3 is 2.43 bits per heavy atom. The Balaban J connectivity index is 0.000000168. The summed E-state index contributed by atoms with van der Waals surface area (Å²) in [5.41, 5.74) is 2.10. The Morgan fingerprint density at radius 2 is 1.91 bits per heavy atom. The molecule has 1 aliphatic heterocycles. The summed E-state index contributed by atoms with van der Waals surface area (Å²) in [6, 6.07) is 9.92. The van der Waals surface area contributed by atoms with Gasteiger partial charge in [-0.1, -0.05) is 29.5 Å². The maximum atomic E-state index is 10.5. The number of anilines is 1. The number of thioether (sulfide) groups is 1. The van der Waals surface area contributed by atoms with Crippen molar-refractivity contribution in [3.63, 3.8) is 0 Å². The van der Waals surface area contributed by atoms with Crippen molar-refractivity contribution in [3.05, 3.63) is 48.2 Å². The minimum Gasteiger partial charge on any atom is -0.442 e. The van der Waals surface area contributed by atoms with E-state index in [1.807, 2.05) is 32.4 Å². The zero-order valence-electron chi connectivity index (χ0n) is 13.0. The molecule has 1 aliphatic rings. The Hall–Kier alpha value is -1.77. The number of fused-ring (bicyclic) bond motifs is 1. The van der Waals surface area contributed by atoms with Crippen LogP contribution in [0.1, 0.15) is 5.56 Å². The molecule has 1 aromatic heterocycles. The molecule has 2 aromatic rings. The van der Waals surface area contributed by atoms with Crippen LogP contribution >= 0.6 is 11.8 Å². The van der Waals surface area contributed by atoms with Crippen LogP contribution in [-0.4, -0.2) is 36.8 Å². The van der Waals surface area contributed by atoms with E-state index in [1.165, 1.54) is 12.1 Å². The van der Waals surface area contributed by atoms with Gasteiger partial charge in [-0.3, -0.25) is 4.55 Å². The molecular weight excluding hydrogens is 336 g/mol. The Kier molecular flexibility index (Phi) is 5.51. The standard InChI is InChI=1S/C8H10N2OS.C7H8O3S/c1-10-6-4-3-5-9-7(6)11-8(10)12-2;1-6-2-4-7(5-3-6)11(8,9)10/h3-5,8H,1-2H3;2-5H,1H3,(H,8,9,10). The highest BCUT2D eigenvalue weighted by Crippen LogP contribution is 2.36. The van der Waals surface area contributed by atoms with Gasteiger partial charge in [-0.25, -0.2) is 4.98 Å². The van der Waals surface area contributed by atoms with Crippen LogP contribution in [0.2, 0.25) is 0 Å². The number of aromatic nitrogens is 1. The van der Waals surface area contributed by atoms with E-state index in [9.17, 15) is 8.42 Å². The van der Waals surface area contributed by atoms with Gasteiger partial charge in [0.15, 0.2) is 0 Å². The van der Waals surface area contributed by atoms with Gasteiger partial charge < -0.3 is 9.64 Å². The first-order chi connectivity index (χ1) is 10.8. The predicted octanol–water partition coefficient (Wildman–Crippen LogP) is 2.80. The molecule has 2 heterocycles. The van der Waals surface area contributed by atoms with E-state index < -0.39 is 10.1 Å². The molecule has 1 atom stereocenters. The third kappa shape index (κ3) is 4.37. The van der Waals surface area contributed by atoms with Crippen molar-refractivity contribution in [2.75, 3.05) is 18.2 Å². The van der Waals surface area contributed by atoms with Crippen molar-refractivity contribution in [1.82, 2.24) is 4.98 Å². The van der Waals surface area contributed by atoms with Gasteiger partial charge in [0, 0.05) is 13.2 Å². The zero-order chi connectivity index (χ0) is 17.0. The third-order valence-corrected chi connectivity index (χ3v) is 4.86. The van der Waals surface area contributed by atoms with Gasteiger partial charge in [0.2, 0.25) is 11.4 Å². The molecule has 0 fully saturated rings. The van der Waals surface area contributed by atoms with Crippen LogP contribution in [0.25, 0.3) is 0 Å². The first kappa shape index (κ1) is 17.6. The average molecular weight is 354 g/mol. The first-order valence-electron chi connectivity index (χ1n) is 6.74. The molecule has 0 amide bonds. The van der Waals surface area contributed by atoms with Crippen LogP contribution in [0.15, 0.2) is 47.5 Å². The van der Waals surface area contributed by atoms with Crippen LogP contribution in [0.5, 0.6) is 5.88 Å². The Bertz CT molecular complexity index is 763. The molecule has 0 bridgehead atoms. The van der Waals surface area contributed by atoms with E-state index in [4.69, 9.17) is 9.29 Å². The second-order valence-electron chi connectivity index (χ2n) is 4.89. The van der Waals surface area contributed by atoms with Gasteiger partial charge in [-0.05, 0) is 37.4 Å². The largest absolute Gasteiger partial charge is 0.442 e. The summed E-state index contributed by atoms with van der Waals surface area (Å²) in [4.78, 5) is 6.14. The van der Waals surface area contributed by atoms with Crippen LogP contribution in [0.4, 0.5) is 5.69 Å². The second-order valence-corrected chi connectivity index (χ2v) is 7.18. The molecule has 0 saturated carbocycles. The van der Waals surface area contributed by atoms with Crippen molar-refractivity contribution in [2.45, 2.75) is 17.4 Å². The summed E-state index contributed by atoms with van der Waals surface area (Å²) in [5.74, 6) is 0.736. The molecule has 0 spiro atoms. The SMILES string of the molecule is CSC1Oc2ncccc2N1C.Cc1ccc(S(=O)(=O)O)cc1. The summed E-state index contributed by atoms with van der Waals surface area (Å²) in [7, 11) is -2.01. The Labute approximate surface area is 140 Å². The predicted molar refractivity (Wildman–Crippen MR) is 91.6 cm³/mol. The van der Waals surface area contributed by atoms with Gasteiger partial charge in [0.1, 0.15) is 5.69 Å². The van der Waals surface area contributed by atoms with Gasteiger partial charge in [0.25, 0.3) is 10.1 Å². The lowest BCUT2D eigenvalue weighted by Crippen LogP contribution is -2.26. The molecular formula is C15H18N2O4S2. The van der Waals surface area contributed by atoms with Gasteiger partial charge in [-0.15, -0.1) is 0 Å². The number of aryl methyl sites for hydroxylation is 1. The van der Waals surface area contributed by atoms with Gasteiger partial charge >= 0.3 is 0 Å². The molecule has 0 radical (unpaired) electrons. The normalized spacial score (nSPS) is 16.2. The fraction of sp³-hybridized carbons (Fsp3) is 0.267. The topological polar surface area (TPSA) is 79.7 Å². The number of hydrogen-bond donors (Lipinski definition) is 1. The molecule has 1 unspecified atom stereocenters. The van der Waals surface area contributed by atoms with E-state index >= 15 is 0 Å². The minimum atomic E-state index is -4.02. The van der Waals surface area contributed by atoms with Crippen molar-refractivity contribution in [1.29, 1.82) is 0 Å². The fourth-order valence-corrected chi connectivity index (χ4v) is 3.04. The number of nitrogens with zero attached hydrogens (tertiary/aromatic N) is 2. The fourth-order valence-electron chi connectivity index (χ4n) is 1.95. The summed E-state index contributed by atoms with van der Waals surface area (Å²) in [5, 5.41) is 0. The maximum absolute atomic E-state index is 10.5. The number of benzene rings is 1. The van der Waals surface area contributed by atoms with E-state index in [2.05, 4.69) is 9.88 Å². The van der Waals surface area contributed by atoms with E-state index in [0.29, 0.717) is 0 Å². The highest BCUT2D eigenvalue weighted by molar-refractivity contribution is 7.99. The summed E-state index contributed by atoms with van der Waals surface area (Å²) >= 11 is 1.66. The highest BCUT2D eigenvalue weighted by Gasteiger charge is 2.27. The molecule has 23 heavy (non-hydrogen) atoms. The van der Waals surface area contributed by atoms with Crippen LogP contribution in [0.3, 0.4) is 0 Å². The summed E-state index contributed by atoms with van der Waals surface area (Å²) in [6.45, 7) is 1.84. The van der Waals surface area contributed by atoms with Crippen LogP contribution in [0, 0.1) is 6.92 Å². The first-order valence-corrected chi connectivity index (χ1v) is 9.47. The summed E-state index contributed by atoms with van der Waals surface area (Å²) in [6.07, 6.45) is 3.77. The smallest absolute Gasteiger partial charge is 0.294 e. The van der Waals surface area contributed by atoms with Gasteiger partial charge in [-0.2, -0.15) is 8.42 Å². The molecule has 3 rings (SSSR count). The van der Waals surface area contributed by atoms with E-state index in [-0.39, 0.29) is 10.5 Å². The molecule has 124 valence electrons. The van der Waals surface area contributed by atoms with Crippen molar-refractivity contribution in [2.24, 2.45) is 0 Å². The van der Waals surface area contributed by atoms with E-state index in [0.717, 1.165) is 17.1 Å². The highest BCUT2D eigenvalue weighted by atomic mass is 32.2. The van der Waals surface area contributed by atoms with Crippen LogP contribution < -0.4 is 9.64 Å². The lowest BCUT2D eigenvalue weighted by molar-refractivity contribution is 0.309. The van der Waals surface area contributed by atoms with Crippen molar-refractivity contribution >= 4 is 27.6 Å². The molecule has 0 saturated heterocycles. The second kappa shape index (κ2) is 7.20. The number of hydrogen-bond acceptors (Lipinski definition) is 6. The van der Waals surface area contributed by atoms with Crippen LogP contribution in [-0.2, 0) is 10.1 Å². The number of ether oxygens (including phenoxy) is 1. The molecule has 1 N–H and O–H groups in total. The average Bonchev–Trinajstić information content (AvgIpc) is 2.84. The summed E-state index contributed by atoms with van der Waals surface area (Å²) < 4.78 is 35.1. The van der Waals surface area contributed by atoms with E-state index in [1.54, 1.807) is 30.1 Å². The van der Waals surface area contributed by atoms with Crippen molar-refractivity contribution < 1.29 is 17.7 Å². The molecule has 8 heteroatoms. The Morgan fingerprint density at radius 1 is 1.26 bits per heavy atom. The third-order valence-electron chi connectivity index (χ3n) is 3.18. The monoisotopic (exact) mass is 354 g/mol. The molecule has 6 nitrogen and oxygen atoms in total.